The molecule has 0 aromatic heterocycles. The minimum Gasteiger partial charge on any atom is -0.308 e. The highest BCUT2D eigenvalue weighted by Gasteiger charge is 2.26. The third-order valence-corrected chi connectivity index (χ3v) is 7.12. The summed E-state index contributed by atoms with van der Waals surface area (Å²) in [5, 5.41) is 0.401. The molecule has 154 valence electrons. The summed E-state index contributed by atoms with van der Waals surface area (Å²) in [5.74, 6) is -0.101. The van der Waals surface area contributed by atoms with Gasteiger partial charge < -0.3 is 4.90 Å². The zero-order valence-electron chi connectivity index (χ0n) is 15.8. The lowest BCUT2D eigenvalue weighted by Gasteiger charge is -2.30. The SMILES string of the molecule is O=C(c1ccccc1)N1CCCc2cc(S(=O)(=O)Nc3cccc(Cl)c3Cl)ccc21. The van der Waals surface area contributed by atoms with Gasteiger partial charge in [0.2, 0.25) is 0 Å². The number of hydrogen-bond donors (Lipinski definition) is 1. The highest BCUT2D eigenvalue weighted by molar-refractivity contribution is 7.92. The molecule has 0 unspecified atom stereocenters. The van der Waals surface area contributed by atoms with Crippen LogP contribution in [-0.2, 0) is 16.4 Å². The maximum atomic E-state index is 12.9. The predicted molar refractivity (Wildman–Crippen MR) is 120 cm³/mol. The Morgan fingerprint density at radius 1 is 0.967 bits per heavy atom. The van der Waals surface area contributed by atoms with E-state index in [1.807, 2.05) is 18.2 Å². The van der Waals surface area contributed by atoms with Gasteiger partial charge in [-0.1, -0.05) is 47.5 Å². The third kappa shape index (κ3) is 4.03. The summed E-state index contributed by atoms with van der Waals surface area (Å²) in [6.07, 6.45) is 1.44. The second kappa shape index (κ2) is 8.30. The Kier molecular flexibility index (Phi) is 5.73. The summed E-state index contributed by atoms with van der Waals surface area (Å²) in [5.41, 5.74) is 2.35. The number of benzene rings is 3. The molecule has 1 aliphatic heterocycles. The van der Waals surface area contributed by atoms with Crippen molar-refractivity contribution in [3.63, 3.8) is 0 Å². The fourth-order valence-electron chi connectivity index (χ4n) is 3.47. The number of aryl methyl sites for hydroxylation is 1. The fraction of sp³-hybridized carbons (Fsp3) is 0.136. The van der Waals surface area contributed by atoms with Crippen LogP contribution in [0.15, 0.2) is 71.6 Å². The number of sulfonamides is 1. The van der Waals surface area contributed by atoms with E-state index in [0.29, 0.717) is 18.5 Å². The quantitative estimate of drug-likeness (QED) is 0.567. The summed E-state index contributed by atoms with van der Waals surface area (Å²) in [6.45, 7) is 0.587. The van der Waals surface area contributed by atoms with E-state index in [1.54, 1.807) is 47.4 Å². The van der Waals surface area contributed by atoms with E-state index in [1.165, 1.54) is 6.07 Å². The van der Waals surface area contributed by atoms with Crippen molar-refractivity contribution in [3.05, 3.63) is 87.9 Å². The normalized spacial score (nSPS) is 13.6. The van der Waals surface area contributed by atoms with E-state index >= 15 is 0 Å². The molecule has 8 heteroatoms. The van der Waals surface area contributed by atoms with Crippen molar-refractivity contribution in [1.82, 2.24) is 0 Å². The molecule has 1 amide bonds. The third-order valence-electron chi connectivity index (χ3n) is 4.94. The highest BCUT2D eigenvalue weighted by Crippen LogP contribution is 2.33. The van der Waals surface area contributed by atoms with E-state index in [9.17, 15) is 13.2 Å². The summed E-state index contributed by atoms with van der Waals surface area (Å²) in [4.78, 5) is 14.7. The van der Waals surface area contributed by atoms with Crippen molar-refractivity contribution in [2.75, 3.05) is 16.2 Å². The predicted octanol–water partition coefficient (Wildman–Crippen LogP) is 5.39. The first-order valence-electron chi connectivity index (χ1n) is 9.33. The van der Waals surface area contributed by atoms with Crippen molar-refractivity contribution >= 4 is 50.5 Å². The van der Waals surface area contributed by atoms with Crippen LogP contribution in [0.25, 0.3) is 0 Å². The van der Waals surface area contributed by atoms with E-state index < -0.39 is 10.0 Å². The number of nitrogens with one attached hydrogen (secondary N) is 1. The van der Waals surface area contributed by atoms with Gasteiger partial charge in [-0.2, -0.15) is 0 Å². The first-order chi connectivity index (χ1) is 14.4. The molecule has 1 heterocycles. The Balaban J connectivity index is 1.65. The van der Waals surface area contributed by atoms with Gasteiger partial charge in [0, 0.05) is 17.8 Å². The van der Waals surface area contributed by atoms with Crippen LogP contribution < -0.4 is 9.62 Å². The summed E-state index contributed by atoms with van der Waals surface area (Å²) >= 11 is 12.1. The second-order valence-corrected chi connectivity index (χ2v) is 9.39. The van der Waals surface area contributed by atoms with Gasteiger partial charge >= 0.3 is 0 Å². The van der Waals surface area contributed by atoms with Crippen LogP contribution in [0.3, 0.4) is 0 Å². The van der Waals surface area contributed by atoms with Gasteiger partial charge in [0.25, 0.3) is 15.9 Å². The van der Waals surface area contributed by atoms with Crippen LogP contribution in [0.4, 0.5) is 11.4 Å². The van der Waals surface area contributed by atoms with Gasteiger partial charge in [0.05, 0.1) is 20.6 Å². The van der Waals surface area contributed by atoms with Crippen molar-refractivity contribution in [2.45, 2.75) is 17.7 Å². The number of halogens is 2. The lowest BCUT2D eigenvalue weighted by molar-refractivity contribution is 0.0985. The van der Waals surface area contributed by atoms with Gasteiger partial charge in [-0.25, -0.2) is 8.42 Å². The number of fused-ring (bicyclic) bond motifs is 1. The summed E-state index contributed by atoms with van der Waals surface area (Å²) in [6, 6.07) is 18.6. The molecule has 0 bridgehead atoms. The fourth-order valence-corrected chi connectivity index (χ4v) is 5.00. The molecule has 1 N–H and O–H groups in total. The van der Waals surface area contributed by atoms with E-state index in [-0.39, 0.29) is 26.5 Å². The smallest absolute Gasteiger partial charge is 0.261 e. The Hall–Kier alpha value is -2.54. The number of rotatable bonds is 4. The average Bonchev–Trinajstić information content (AvgIpc) is 2.76. The number of carbonyl (C=O) groups excluding carboxylic acids is 1. The minimum atomic E-state index is -3.87. The molecule has 4 rings (SSSR count). The molecule has 0 atom stereocenters. The number of anilines is 2. The van der Waals surface area contributed by atoms with Crippen molar-refractivity contribution < 1.29 is 13.2 Å². The number of hydrogen-bond acceptors (Lipinski definition) is 3. The molecule has 0 radical (unpaired) electrons. The molecule has 5 nitrogen and oxygen atoms in total. The van der Waals surface area contributed by atoms with Crippen LogP contribution in [0.1, 0.15) is 22.3 Å². The molecule has 30 heavy (non-hydrogen) atoms. The topological polar surface area (TPSA) is 66.5 Å². The zero-order chi connectivity index (χ0) is 21.3. The molecule has 0 aliphatic carbocycles. The Morgan fingerprint density at radius 2 is 1.73 bits per heavy atom. The van der Waals surface area contributed by atoms with Crippen molar-refractivity contribution in [1.29, 1.82) is 0 Å². The molecular formula is C22H18Cl2N2O3S. The second-order valence-electron chi connectivity index (χ2n) is 6.92. The molecule has 0 saturated carbocycles. The molecular weight excluding hydrogens is 443 g/mol. The lowest BCUT2D eigenvalue weighted by atomic mass is 10.0. The Bertz CT molecular complexity index is 1210. The maximum Gasteiger partial charge on any atom is 0.261 e. The van der Waals surface area contributed by atoms with E-state index in [4.69, 9.17) is 23.2 Å². The zero-order valence-corrected chi connectivity index (χ0v) is 18.1. The van der Waals surface area contributed by atoms with Crippen LogP contribution in [0, 0.1) is 0 Å². The Morgan fingerprint density at radius 3 is 2.50 bits per heavy atom. The van der Waals surface area contributed by atoms with E-state index in [2.05, 4.69) is 4.72 Å². The number of nitrogens with zero attached hydrogens (tertiary/aromatic N) is 1. The summed E-state index contributed by atoms with van der Waals surface area (Å²) in [7, 11) is -3.87. The van der Waals surface area contributed by atoms with Gasteiger partial charge in [0.1, 0.15) is 0 Å². The van der Waals surface area contributed by atoms with Gasteiger partial charge in [-0.15, -0.1) is 0 Å². The van der Waals surface area contributed by atoms with Crippen molar-refractivity contribution in [2.24, 2.45) is 0 Å². The van der Waals surface area contributed by atoms with Crippen LogP contribution in [0.5, 0.6) is 0 Å². The largest absolute Gasteiger partial charge is 0.308 e. The highest BCUT2D eigenvalue weighted by atomic mass is 35.5. The van der Waals surface area contributed by atoms with Crippen molar-refractivity contribution in [3.8, 4) is 0 Å². The standard InChI is InChI=1S/C22H18Cl2N2O3S/c23-18-9-4-10-19(21(18)24)25-30(28,29)17-11-12-20-16(14-17)8-5-13-26(20)22(27)15-6-2-1-3-7-15/h1-4,6-7,9-12,14,25H,5,8,13H2. The molecule has 3 aromatic rings. The molecule has 3 aromatic carbocycles. The molecule has 0 spiro atoms. The first-order valence-corrected chi connectivity index (χ1v) is 11.6. The number of carbonyl (C=O) groups is 1. The van der Waals surface area contributed by atoms with Gasteiger partial charge in [-0.3, -0.25) is 9.52 Å². The van der Waals surface area contributed by atoms with Crippen LogP contribution in [-0.4, -0.2) is 20.9 Å². The maximum absolute atomic E-state index is 12.9. The van der Waals surface area contributed by atoms with E-state index in [0.717, 1.165) is 17.7 Å². The number of amides is 1. The molecule has 0 saturated heterocycles. The first kappa shape index (κ1) is 20.7. The Labute approximate surface area is 185 Å². The average molecular weight is 461 g/mol. The van der Waals surface area contributed by atoms with Crippen LogP contribution in [0.2, 0.25) is 10.0 Å². The molecule has 1 aliphatic rings. The monoisotopic (exact) mass is 460 g/mol. The molecule has 0 fully saturated rings. The van der Waals surface area contributed by atoms with Gasteiger partial charge in [0.15, 0.2) is 0 Å². The minimum absolute atomic E-state index is 0.101. The van der Waals surface area contributed by atoms with Gasteiger partial charge in [-0.05, 0) is 60.9 Å². The summed E-state index contributed by atoms with van der Waals surface area (Å²) < 4.78 is 28.3. The van der Waals surface area contributed by atoms with Crippen LogP contribution >= 0.6 is 23.2 Å². The lowest BCUT2D eigenvalue weighted by Crippen LogP contribution is -2.35.